The molecule has 5 nitrogen and oxygen atoms in total. The molecule has 0 fully saturated rings. The van der Waals surface area contributed by atoms with E-state index >= 15 is 0 Å². The lowest BCUT2D eigenvalue weighted by atomic mass is 10.0. The SMILES string of the molecule is CCCC(CCN=C=O)C[N+](=O)[O-]. The van der Waals surface area contributed by atoms with Gasteiger partial charge in [-0.1, -0.05) is 13.3 Å². The van der Waals surface area contributed by atoms with E-state index in [1.165, 1.54) is 6.08 Å². The zero-order chi connectivity index (χ0) is 10.1. The Labute approximate surface area is 77.0 Å². The maximum Gasteiger partial charge on any atom is 0.234 e. The van der Waals surface area contributed by atoms with Crippen molar-refractivity contribution in [1.29, 1.82) is 0 Å². The molecule has 5 heteroatoms. The summed E-state index contributed by atoms with van der Waals surface area (Å²) in [6.45, 7) is 2.31. The number of carbonyl (C=O) groups excluding carboxylic acids is 1. The van der Waals surface area contributed by atoms with Gasteiger partial charge in [-0.05, 0) is 12.8 Å². The van der Waals surface area contributed by atoms with E-state index in [0.717, 1.165) is 12.8 Å². The second-order valence-electron chi connectivity index (χ2n) is 2.93. The van der Waals surface area contributed by atoms with Gasteiger partial charge in [0.2, 0.25) is 12.6 Å². The standard InChI is InChI=1S/C8H14N2O3/c1-2-3-8(6-10(12)13)4-5-9-7-11/h8H,2-6H2,1H3. The molecule has 0 heterocycles. The Balaban J connectivity index is 3.78. The number of hydrogen-bond donors (Lipinski definition) is 0. The van der Waals surface area contributed by atoms with Gasteiger partial charge in [0, 0.05) is 10.8 Å². The first-order valence-corrected chi connectivity index (χ1v) is 4.36. The lowest BCUT2D eigenvalue weighted by Crippen LogP contribution is -2.15. The lowest BCUT2D eigenvalue weighted by Gasteiger charge is -2.08. The van der Waals surface area contributed by atoms with Gasteiger partial charge >= 0.3 is 0 Å². The third-order valence-electron chi connectivity index (χ3n) is 1.82. The number of isocyanates is 1. The largest absolute Gasteiger partial charge is 0.265 e. The predicted molar refractivity (Wildman–Crippen MR) is 47.9 cm³/mol. The minimum Gasteiger partial charge on any atom is -0.265 e. The number of nitro groups is 1. The van der Waals surface area contributed by atoms with Crippen LogP contribution in [0.4, 0.5) is 0 Å². The molecule has 0 N–H and O–H groups in total. The highest BCUT2D eigenvalue weighted by atomic mass is 16.6. The molecular weight excluding hydrogens is 172 g/mol. The second kappa shape index (κ2) is 7.43. The quantitative estimate of drug-likeness (QED) is 0.261. The minimum absolute atomic E-state index is 0.0256. The molecule has 0 aromatic heterocycles. The first kappa shape index (κ1) is 11.8. The maximum atomic E-state index is 10.2. The Morgan fingerprint density at radius 2 is 2.23 bits per heavy atom. The molecule has 0 saturated carbocycles. The van der Waals surface area contributed by atoms with Gasteiger partial charge in [0.1, 0.15) is 0 Å². The molecule has 0 amide bonds. The van der Waals surface area contributed by atoms with Crippen LogP contribution in [-0.2, 0) is 4.79 Å². The van der Waals surface area contributed by atoms with E-state index in [-0.39, 0.29) is 17.4 Å². The molecule has 74 valence electrons. The highest BCUT2D eigenvalue weighted by Crippen LogP contribution is 2.11. The van der Waals surface area contributed by atoms with Gasteiger partial charge in [-0.25, -0.2) is 9.79 Å². The zero-order valence-electron chi connectivity index (χ0n) is 7.73. The van der Waals surface area contributed by atoms with Gasteiger partial charge in [-0.2, -0.15) is 0 Å². The van der Waals surface area contributed by atoms with Crippen molar-refractivity contribution in [1.82, 2.24) is 0 Å². The molecule has 0 aromatic rings. The van der Waals surface area contributed by atoms with Crippen LogP contribution in [0.2, 0.25) is 0 Å². The molecule has 0 aliphatic rings. The molecule has 0 radical (unpaired) electrons. The Bertz CT molecular complexity index is 200. The van der Waals surface area contributed by atoms with Crippen molar-refractivity contribution < 1.29 is 9.72 Å². The number of rotatable bonds is 7. The molecule has 0 aliphatic carbocycles. The summed E-state index contributed by atoms with van der Waals surface area (Å²) in [7, 11) is 0. The molecular formula is C8H14N2O3. The van der Waals surface area contributed by atoms with E-state index in [1.54, 1.807) is 0 Å². The molecule has 0 aromatic carbocycles. The average molecular weight is 186 g/mol. The highest BCUT2D eigenvalue weighted by Gasteiger charge is 2.13. The van der Waals surface area contributed by atoms with Crippen LogP contribution in [0.15, 0.2) is 4.99 Å². The second-order valence-corrected chi connectivity index (χ2v) is 2.93. The lowest BCUT2D eigenvalue weighted by molar-refractivity contribution is -0.488. The monoisotopic (exact) mass is 186 g/mol. The number of aliphatic imine (C=N–C) groups is 1. The predicted octanol–water partition coefficient (Wildman–Crippen LogP) is 1.41. The molecule has 0 spiro atoms. The van der Waals surface area contributed by atoms with Crippen LogP contribution in [0, 0.1) is 16.0 Å². The van der Waals surface area contributed by atoms with Gasteiger partial charge in [0.25, 0.3) is 0 Å². The molecule has 0 bridgehead atoms. The van der Waals surface area contributed by atoms with E-state index in [4.69, 9.17) is 0 Å². The highest BCUT2D eigenvalue weighted by molar-refractivity contribution is 5.32. The van der Waals surface area contributed by atoms with Crippen molar-refractivity contribution in [3.8, 4) is 0 Å². The van der Waals surface area contributed by atoms with E-state index < -0.39 is 0 Å². The fourth-order valence-corrected chi connectivity index (χ4v) is 1.24. The van der Waals surface area contributed by atoms with Crippen molar-refractivity contribution in [3.63, 3.8) is 0 Å². The van der Waals surface area contributed by atoms with Crippen LogP contribution in [0.5, 0.6) is 0 Å². The van der Waals surface area contributed by atoms with Crippen molar-refractivity contribution >= 4 is 6.08 Å². The average Bonchev–Trinajstić information content (AvgIpc) is 2.04. The molecule has 0 aliphatic heterocycles. The van der Waals surface area contributed by atoms with Gasteiger partial charge in [-0.15, -0.1) is 0 Å². The van der Waals surface area contributed by atoms with Crippen LogP contribution in [-0.4, -0.2) is 24.1 Å². The summed E-state index contributed by atoms with van der Waals surface area (Å²) in [5.41, 5.74) is 0. The first-order valence-electron chi connectivity index (χ1n) is 4.36. The van der Waals surface area contributed by atoms with Crippen molar-refractivity contribution in [2.75, 3.05) is 13.1 Å². The van der Waals surface area contributed by atoms with Gasteiger partial charge in [0.15, 0.2) is 0 Å². The summed E-state index contributed by atoms with van der Waals surface area (Å²) in [4.78, 5) is 23.0. The summed E-state index contributed by atoms with van der Waals surface area (Å²) >= 11 is 0. The zero-order valence-corrected chi connectivity index (χ0v) is 7.73. The molecule has 1 unspecified atom stereocenters. The van der Waals surface area contributed by atoms with E-state index in [9.17, 15) is 14.9 Å². The Kier molecular flexibility index (Phi) is 6.73. The van der Waals surface area contributed by atoms with Crippen LogP contribution in [0.25, 0.3) is 0 Å². The fourth-order valence-electron chi connectivity index (χ4n) is 1.24. The van der Waals surface area contributed by atoms with Crippen LogP contribution >= 0.6 is 0 Å². The third kappa shape index (κ3) is 7.15. The topological polar surface area (TPSA) is 72.6 Å². The Morgan fingerprint density at radius 1 is 1.54 bits per heavy atom. The Hall–Kier alpha value is -1.22. The van der Waals surface area contributed by atoms with E-state index in [1.807, 2.05) is 6.92 Å². The molecule has 0 rings (SSSR count). The molecule has 0 saturated heterocycles. The first-order chi connectivity index (χ1) is 6.20. The van der Waals surface area contributed by atoms with E-state index in [0.29, 0.717) is 13.0 Å². The molecule has 13 heavy (non-hydrogen) atoms. The summed E-state index contributed by atoms with van der Waals surface area (Å²) in [6, 6.07) is 0. The smallest absolute Gasteiger partial charge is 0.234 e. The maximum absolute atomic E-state index is 10.2. The van der Waals surface area contributed by atoms with Gasteiger partial charge < -0.3 is 0 Å². The summed E-state index contributed by atoms with van der Waals surface area (Å²) in [5, 5.41) is 10.2. The number of hydrogen-bond acceptors (Lipinski definition) is 4. The van der Waals surface area contributed by atoms with Crippen LogP contribution in [0.1, 0.15) is 26.2 Å². The fraction of sp³-hybridized carbons (Fsp3) is 0.875. The summed E-state index contributed by atoms with van der Waals surface area (Å²) in [6.07, 6.45) is 3.76. The van der Waals surface area contributed by atoms with Gasteiger partial charge in [-0.3, -0.25) is 10.1 Å². The van der Waals surface area contributed by atoms with Crippen molar-refractivity contribution in [2.24, 2.45) is 10.9 Å². The minimum atomic E-state index is -0.315. The summed E-state index contributed by atoms with van der Waals surface area (Å²) in [5.74, 6) is 0.0390. The summed E-state index contributed by atoms with van der Waals surface area (Å²) < 4.78 is 0. The number of nitrogens with zero attached hydrogens (tertiary/aromatic N) is 2. The van der Waals surface area contributed by atoms with Crippen LogP contribution < -0.4 is 0 Å². The normalized spacial score (nSPS) is 11.8. The molecule has 1 atom stereocenters. The van der Waals surface area contributed by atoms with Crippen molar-refractivity contribution in [2.45, 2.75) is 26.2 Å². The van der Waals surface area contributed by atoms with Crippen molar-refractivity contribution in [3.05, 3.63) is 10.1 Å². The van der Waals surface area contributed by atoms with Gasteiger partial charge in [0.05, 0.1) is 6.54 Å². The van der Waals surface area contributed by atoms with E-state index in [2.05, 4.69) is 4.99 Å². The van der Waals surface area contributed by atoms with Crippen LogP contribution in [0.3, 0.4) is 0 Å². The Morgan fingerprint density at radius 3 is 2.69 bits per heavy atom. The third-order valence-corrected chi connectivity index (χ3v) is 1.82.